The van der Waals surface area contributed by atoms with Gasteiger partial charge in [-0.2, -0.15) is 0 Å². The predicted molar refractivity (Wildman–Crippen MR) is 88.5 cm³/mol. The van der Waals surface area contributed by atoms with Crippen molar-refractivity contribution in [2.75, 3.05) is 0 Å². The van der Waals surface area contributed by atoms with Gasteiger partial charge in [-0.3, -0.25) is 0 Å². The van der Waals surface area contributed by atoms with E-state index in [9.17, 15) is 0 Å². The Balaban J connectivity index is -0.000000750. The van der Waals surface area contributed by atoms with Crippen LogP contribution < -0.4 is 0 Å². The van der Waals surface area contributed by atoms with E-state index in [2.05, 4.69) is 45.0 Å². The lowest BCUT2D eigenvalue weighted by molar-refractivity contribution is 0.541. The summed E-state index contributed by atoms with van der Waals surface area (Å²) >= 11 is 0. The summed E-state index contributed by atoms with van der Waals surface area (Å²) in [5.74, 6) is 0.787. The molecule has 0 nitrogen and oxygen atoms in total. The molecule has 0 heteroatoms. The maximum Gasteiger partial charge on any atom is -0.0162 e. The molecule has 0 saturated carbocycles. The molecule has 108 valence electrons. The number of benzene rings is 1. The van der Waals surface area contributed by atoms with Crippen molar-refractivity contribution in [3.8, 4) is 0 Å². The van der Waals surface area contributed by atoms with Crippen molar-refractivity contribution in [1.29, 1.82) is 0 Å². The smallest absolute Gasteiger partial charge is 0.0162 e. The molecule has 0 N–H and O–H groups in total. The van der Waals surface area contributed by atoms with Crippen LogP contribution >= 0.6 is 0 Å². The molecule has 0 aliphatic heterocycles. The largest absolute Gasteiger partial charge is 0.0776 e. The molecule has 0 heterocycles. The molecular formula is C18H36. The van der Waals surface area contributed by atoms with Crippen molar-refractivity contribution < 1.29 is 0 Å². The minimum Gasteiger partial charge on any atom is -0.0776 e. The molecule has 0 fully saturated rings. The molecule has 0 aliphatic carbocycles. The Hall–Kier alpha value is -0.780. The van der Waals surface area contributed by atoms with Crippen LogP contribution in [0.15, 0.2) is 24.3 Å². The van der Waals surface area contributed by atoms with Crippen molar-refractivity contribution in [1.82, 2.24) is 0 Å². The van der Waals surface area contributed by atoms with E-state index in [1.165, 1.54) is 37.7 Å². The van der Waals surface area contributed by atoms with Crippen molar-refractivity contribution in [3.05, 3.63) is 35.4 Å². The second kappa shape index (κ2) is 12.7. The molecule has 0 saturated heterocycles. The second-order valence-corrected chi connectivity index (χ2v) is 4.54. The second-order valence-electron chi connectivity index (χ2n) is 4.54. The first-order valence-electron chi connectivity index (χ1n) is 6.34. The number of rotatable bonds is 6. The summed E-state index contributed by atoms with van der Waals surface area (Å²) in [6.45, 7) is 6.75. The lowest BCUT2D eigenvalue weighted by atomic mass is 9.89. The third-order valence-corrected chi connectivity index (χ3v) is 3.06. The summed E-state index contributed by atoms with van der Waals surface area (Å²) in [4.78, 5) is 0. The highest BCUT2D eigenvalue weighted by molar-refractivity contribution is 5.25. The van der Waals surface area contributed by atoms with Crippen LogP contribution in [0.3, 0.4) is 0 Å². The van der Waals surface area contributed by atoms with Crippen LogP contribution in [-0.2, 0) is 0 Å². The number of hydrogen-bond donors (Lipinski definition) is 0. The minimum absolute atomic E-state index is 0. The van der Waals surface area contributed by atoms with Crippen LogP contribution in [-0.4, -0.2) is 0 Å². The van der Waals surface area contributed by atoms with E-state index in [1.807, 2.05) is 0 Å². The highest BCUT2D eigenvalue weighted by Gasteiger charge is 2.09. The van der Waals surface area contributed by atoms with Crippen LogP contribution in [0.25, 0.3) is 0 Å². The van der Waals surface area contributed by atoms with E-state index in [0.717, 1.165) is 5.92 Å². The molecule has 0 aliphatic rings. The van der Waals surface area contributed by atoms with E-state index in [0.29, 0.717) is 0 Å². The lowest BCUT2D eigenvalue weighted by Crippen LogP contribution is -1.99. The Morgan fingerprint density at radius 1 is 0.944 bits per heavy atom. The summed E-state index contributed by atoms with van der Waals surface area (Å²) < 4.78 is 0. The zero-order valence-corrected chi connectivity index (χ0v) is 10.4. The third-order valence-electron chi connectivity index (χ3n) is 3.06. The van der Waals surface area contributed by atoms with Gasteiger partial charge in [0, 0.05) is 0 Å². The van der Waals surface area contributed by atoms with Gasteiger partial charge >= 0.3 is 0 Å². The lowest BCUT2D eigenvalue weighted by Gasteiger charge is -2.16. The Kier molecular flexibility index (Phi) is 15.8. The fourth-order valence-corrected chi connectivity index (χ4v) is 2.20. The number of hydrogen-bond acceptors (Lipinski definition) is 0. The Labute approximate surface area is 117 Å². The van der Waals surface area contributed by atoms with E-state index >= 15 is 0 Å². The standard InChI is InChI=1S/C15H24.3CH4/c1-4-6-10-14(8-5-2)15-11-7-9-13(3)12-15;;;/h7,9,11-12,14H,4-6,8,10H2,1-3H3;3*1H4. The quantitative estimate of drug-likeness (QED) is 0.512. The molecule has 0 aromatic heterocycles. The maximum atomic E-state index is 2.36. The molecule has 0 spiro atoms. The van der Waals surface area contributed by atoms with E-state index in [-0.39, 0.29) is 22.3 Å². The van der Waals surface area contributed by atoms with Crippen LogP contribution in [0.2, 0.25) is 0 Å². The molecule has 1 atom stereocenters. The van der Waals surface area contributed by atoms with Crippen molar-refractivity contribution in [2.45, 2.75) is 81.1 Å². The molecule has 18 heavy (non-hydrogen) atoms. The van der Waals surface area contributed by atoms with Crippen LogP contribution in [0.4, 0.5) is 0 Å². The molecule has 0 radical (unpaired) electrons. The van der Waals surface area contributed by atoms with Gasteiger partial charge in [0.2, 0.25) is 0 Å². The third kappa shape index (κ3) is 7.53. The van der Waals surface area contributed by atoms with Gasteiger partial charge in [0.1, 0.15) is 0 Å². The number of aryl methyl sites for hydroxylation is 1. The van der Waals surface area contributed by atoms with Gasteiger partial charge in [0.25, 0.3) is 0 Å². The fourth-order valence-electron chi connectivity index (χ4n) is 2.20. The average molecular weight is 252 g/mol. The first-order valence-corrected chi connectivity index (χ1v) is 6.34. The highest BCUT2D eigenvalue weighted by Crippen LogP contribution is 2.27. The molecular weight excluding hydrogens is 216 g/mol. The summed E-state index contributed by atoms with van der Waals surface area (Å²) in [5, 5.41) is 0. The van der Waals surface area contributed by atoms with Crippen LogP contribution in [0, 0.1) is 6.92 Å². The Morgan fingerprint density at radius 3 is 2.11 bits per heavy atom. The maximum absolute atomic E-state index is 2.36. The summed E-state index contributed by atoms with van der Waals surface area (Å²) in [7, 11) is 0. The highest BCUT2D eigenvalue weighted by atomic mass is 14.1. The topological polar surface area (TPSA) is 0 Å². The van der Waals surface area contributed by atoms with Crippen molar-refractivity contribution >= 4 is 0 Å². The number of unbranched alkanes of at least 4 members (excludes halogenated alkanes) is 1. The first kappa shape index (κ1) is 22.4. The van der Waals surface area contributed by atoms with E-state index in [4.69, 9.17) is 0 Å². The zero-order chi connectivity index (χ0) is 11.1. The fraction of sp³-hybridized carbons (Fsp3) is 0.667. The molecule has 1 rings (SSSR count). The van der Waals surface area contributed by atoms with Gasteiger partial charge in [-0.25, -0.2) is 0 Å². The summed E-state index contributed by atoms with van der Waals surface area (Å²) in [6, 6.07) is 9.03. The first-order chi connectivity index (χ1) is 7.27. The van der Waals surface area contributed by atoms with Gasteiger partial charge in [0.05, 0.1) is 0 Å². The van der Waals surface area contributed by atoms with Gasteiger partial charge < -0.3 is 0 Å². The molecule has 0 amide bonds. The SMILES string of the molecule is C.C.C.CCCCC(CCC)c1cccc(C)c1. The molecule has 1 aromatic rings. The normalized spacial score (nSPS) is 10.6. The van der Waals surface area contributed by atoms with Gasteiger partial charge in [-0.15, -0.1) is 0 Å². The molecule has 1 unspecified atom stereocenters. The van der Waals surface area contributed by atoms with Gasteiger partial charge in [-0.05, 0) is 31.2 Å². The predicted octanol–water partition coefficient (Wildman–Crippen LogP) is 6.98. The molecule has 1 aromatic carbocycles. The summed E-state index contributed by atoms with van der Waals surface area (Å²) in [5.41, 5.74) is 2.94. The Bertz CT molecular complexity index is 275. The Morgan fingerprint density at radius 2 is 1.61 bits per heavy atom. The molecule has 0 bridgehead atoms. The van der Waals surface area contributed by atoms with Crippen molar-refractivity contribution in [2.24, 2.45) is 0 Å². The van der Waals surface area contributed by atoms with Crippen molar-refractivity contribution in [3.63, 3.8) is 0 Å². The van der Waals surface area contributed by atoms with Gasteiger partial charge in [0.15, 0.2) is 0 Å². The zero-order valence-electron chi connectivity index (χ0n) is 10.4. The minimum atomic E-state index is 0. The average Bonchev–Trinajstić information content (AvgIpc) is 2.24. The van der Waals surface area contributed by atoms with Crippen LogP contribution in [0.5, 0.6) is 0 Å². The monoisotopic (exact) mass is 252 g/mol. The van der Waals surface area contributed by atoms with Gasteiger partial charge in [-0.1, -0.05) is 85.2 Å². The van der Waals surface area contributed by atoms with Crippen LogP contribution in [0.1, 0.15) is 85.3 Å². The van der Waals surface area contributed by atoms with E-state index in [1.54, 1.807) is 5.56 Å². The summed E-state index contributed by atoms with van der Waals surface area (Å²) in [6.07, 6.45) is 6.66. The van der Waals surface area contributed by atoms with E-state index < -0.39 is 0 Å².